The summed E-state index contributed by atoms with van der Waals surface area (Å²) < 4.78 is 16.6. The third kappa shape index (κ3) is 4.33. The first-order chi connectivity index (χ1) is 11.5. The molecule has 0 saturated heterocycles. The Balaban J connectivity index is 2.13. The summed E-state index contributed by atoms with van der Waals surface area (Å²) in [5.74, 6) is 1.58. The van der Waals surface area contributed by atoms with E-state index in [0.717, 1.165) is 14.8 Å². The molecule has 0 spiro atoms. The van der Waals surface area contributed by atoms with Gasteiger partial charge in [-0.05, 0) is 29.8 Å². The summed E-state index contributed by atoms with van der Waals surface area (Å²) in [5.41, 5.74) is 0.797. The van der Waals surface area contributed by atoms with E-state index in [-0.39, 0.29) is 12.3 Å². The van der Waals surface area contributed by atoms with Gasteiger partial charge in [0, 0.05) is 11.9 Å². The molecule has 0 radical (unpaired) electrons. The van der Waals surface area contributed by atoms with Gasteiger partial charge in [-0.15, -0.1) is 11.3 Å². The van der Waals surface area contributed by atoms with E-state index < -0.39 is 0 Å². The highest BCUT2D eigenvalue weighted by atomic mass is 35.5. The zero-order valence-electron chi connectivity index (χ0n) is 14.1. The molecule has 24 heavy (non-hydrogen) atoms. The van der Waals surface area contributed by atoms with Crippen LogP contribution in [-0.4, -0.2) is 39.2 Å². The normalized spacial score (nSPS) is 10.4. The molecule has 0 N–H and O–H groups in total. The van der Waals surface area contributed by atoms with Crippen LogP contribution in [0.15, 0.2) is 24.3 Å². The van der Waals surface area contributed by atoms with Crippen molar-refractivity contribution in [3.63, 3.8) is 0 Å². The predicted octanol–water partition coefficient (Wildman–Crippen LogP) is 3.63. The lowest BCUT2D eigenvalue weighted by Crippen LogP contribution is -2.27. The molecule has 1 aromatic heterocycles. The molecule has 2 aromatic rings. The number of nitrogens with zero attached hydrogens (tertiary/aromatic N) is 1. The number of likely N-dealkylation sites (N-methyl/N-ethyl adjacent to an activating group) is 1. The average molecular weight is 370 g/mol. The summed E-state index contributed by atoms with van der Waals surface area (Å²) in [7, 11) is 6.42. The molecule has 5 nitrogen and oxygen atoms in total. The Bertz CT molecular complexity index is 691. The number of rotatable bonds is 7. The van der Waals surface area contributed by atoms with Crippen LogP contribution in [0.4, 0.5) is 0 Å². The molecule has 1 aromatic carbocycles. The highest BCUT2D eigenvalue weighted by Crippen LogP contribution is 2.38. The van der Waals surface area contributed by atoms with E-state index in [1.165, 1.54) is 11.3 Å². The van der Waals surface area contributed by atoms with Gasteiger partial charge in [-0.2, -0.15) is 0 Å². The molecule has 0 fully saturated rings. The number of carbonyl (C=O) groups excluding carboxylic acids is 1. The molecule has 0 unspecified atom stereocenters. The highest BCUT2D eigenvalue weighted by molar-refractivity contribution is 7.16. The molecular weight excluding hydrogens is 350 g/mol. The molecule has 0 aliphatic rings. The number of benzene rings is 1. The molecule has 0 aliphatic heterocycles. The summed E-state index contributed by atoms with van der Waals surface area (Å²) >= 11 is 7.40. The van der Waals surface area contributed by atoms with Crippen LogP contribution in [0.2, 0.25) is 4.34 Å². The van der Waals surface area contributed by atoms with Gasteiger partial charge in [0.25, 0.3) is 0 Å². The van der Waals surface area contributed by atoms with Crippen molar-refractivity contribution in [2.24, 2.45) is 0 Å². The molecule has 0 aliphatic carbocycles. The van der Waals surface area contributed by atoms with Crippen molar-refractivity contribution < 1.29 is 19.0 Å². The van der Waals surface area contributed by atoms with Crippen molar-refractivity contribution in [3.05, 3.63) is 39.0 Å². The van der Waals surface area contributed by atoms with E-state index in [9.17, 15) is 4.79 Å². The molecule has 7 heteroatoms. The van der Waals surface area contributed by atoms with Crippen LogP contribution in [0.5, 0.6) is 17.2 Å². The standard InChI is InChI=1S/C17H20ClNO4S/c1-19(10-12-5-6-15(18)24-12)16(20)9-11-7-13(21-2)17(23-4)14(8-11)22-3/h5-8H,9-10H2,1-4H3. The molecule has 130 valence electrons. The lowest BCUT2D eigenvalue weighted by atomic mass is 10.1. The van der Waals surface area contributed by atoms with Crippen molar-refractivity contribution in [3.8, 4) is 17.2 Å². The minimum Gasteiger partial charge on any atom is -0.493 e. The number of hydrogen-bond donors (Lipinski definition) is 0. The van der Waals surface area contributed by atoms with E-state index >= 15 is 0 Å². The minimum absolute atomic E-state index is 0.00574. The molecule has 0 saturated carbocycles. The van der Waals surface area contributed by atoms with Crippen LogP contribution in [0.25, 0.3) is 0 Å². The van der Waals surface area contributed by atoms with E-state index in [1.54, 1.807) is 45.4 Å². The lowest BCUT2D eigenvalue weighted by Gasteiger charge is -2.18. The number of hydrogen-bond acceptors (Lipinski definition) is 5. The molecule has 2 rings (SSSR count). The minimum atomic E-state index is -0.00574. The summed E-state index contributed by atoms with van der Waals surface area (Å²) in [6, 6.07) is 7.33. The van der Waals surface area contributed by atoms with Crippen molar-refractivity contribution in [1.29, 1.82) is 0 Å². The van der Waals surface area contributed by atoms with Gasteiger partial charge in [-0.1, -0.05) is 11.6 Å². The Kier molecular flexibility index (Phi) is 6.34. The maximum Gasteiger partial charge on any atom is 0.227 e. The second kappa shape index (κ2) is 8.26. The Morgan fingerprint density at radius 3 is 2.21 bits per heavy atom. The van der Waals surface area contributed by atoms with Crippen LogP contribution in [0.3, 0.4) is 0 Å². The number of methoxy groups -OCH3 is 3. The monoisotopic (exact) mass is 369 g/mol. The first kappa shape index (κ1) is 18.4. The van der Waals surface area contributed by atoms with E-state index in [0.29, 0.717) is 23.8 Å². The maximum absolute atomic E-state index is 12.5. The molecule has 1 amide bonds. The number of amides is 1. The Hall–Kier alpha value is -1.92. The quantitative estimate of drug-likeness (QED) is 0.747. The molecular formula is C17H20ClNO4S. The van der Waals surface area contributed by atoms with Crippen LogP contribution in [0.1, 0.15) is 10.4 Å². The van der Waals surface area contributed by atoms with Crippen molar-refractivity contribution in [2.75, 3.05) is 28.4 Å². The predicted molar refractivity (Wildman–Crippen MR) is 95.6 cm³/mol. The highest BCUT2D eigenvalue weighted by Gasteiger charge is 2.17. The number of thiophene rings is 1. The van der Waals surface area contributed by atoms with Crippen molar-refractivity contribution >= 4 is 28.8 Å². The molecule has 0 atom stereocenters. The number of halogens is 1. The van der Waals surface area contributed by atoms with E-state index in [2.05, 4.69) is 0 Å². The second-order valence-electron chi connectivity index (χ2n) is 5.17. The van der Waals surface area contributed by atoms with Crippen LogP contribution in [0, 0.1) is 0 Å². The van der Waals surface area contributed by atoms with Gasteiger partial charge in [0.05, 0.1) is 38.6 Å². The van der Waals surface area contributed by atoms with Gasteiger partial charge in [0.1, 0.15) is 0 Å². The Labute approximate surface area is 150 Å². The van der Waals surface area contributed by atoms with Crippen molar-refractivity contribution in [2.45, 2.75) is 13.0 Å². The third-order valence-electron chi connectivity index (χ3n) is 3.53. The topological polar surface area (TPSA) is 48.0 Å². The largest absolute Gasteiger partial charge is 0.493 e. The van der Waals surface area contributed by atoms with Gasteiger partial charge in [0.2, 0.25) is 11.7 Å². The van der Waals surface area contributed by atoms with Crippen molar-refractivity contribution in [1.82, 2.24) is 4.90 Å². The summed E-state index contributed by atoms with van der Waals surface area (Å²) in [5, 5.41) is 0. The average Bonchev–Trinajstić information content (AvgIpc) is 2.98. The Morgan fingerprint density at radius 1 is 1.12 bits per heavy atom. The third-order valence-corrected chi connectivity index (χ3v) is 4.74. The number of ether oxygens (including phenoxy) is 3. The van der Waals surface area contributed by atoms with Gasteiger partial charge >= 0.3 is 0 Å². The van der Waals surface area contributed by atoms with E-state index in [1.807, 2.05) is 12.1 Å². The van der Waals surface area contributed by atoms with Gasteiger partial charge in [-0.25, -0.2) is 0 Å². The fourth-order valence-electron chi connectivity index (χ4n) is 2.31. The van der Waals surface area contributed by atoms with E-state index in [4.69, 9.17) is 25.8 Å². The number of carbonyl (C=O) groups is 1. The zero-order chi connectivity index (χ0) is 17.7. The Morgan fingerprint density at radius 2 is 1.75 bits per heavy atom. The van der Waals surface area contributed by atoms with Gasteiger partial charge in [-0.3, -0.25) is 4.79 Å². The molecule has 0 bridgehead atoms. The fourth-order valence-corrected chi connectivity index (χ4v) is 3.45. The van der Waals surface area contributed by atoms with Crippen LogP contribution in [-0.2, 0) is 17.8 Å². The summed E-state index contributed by atoms with van der Waals surface area (Å²) in [6.45, 7) is 0.528. The first-order valence-electron chi connectivity index (χ1n) is 7.25. The zero-order valence-corrected chi connectivity index (χ0v) is 15.7. The lowest BCUT2D eigenvalue weighted by molar-refractivity contribution is -0.129. The summed E-state index contributed by atoms with van der Waals surface area (Å²) in [4.78, 5) is 15.2. The first-order valence-corrected chi connectivity index (χ1v) is 8.45. The fraction of sp³-hybridized carbons (Fsp3) is 0.353. The summed E-state index contributed by atoms with van der Waals surface area (Å²) in [6.07, 6.45) is 0.242. The second-order valence-corrected chi connectivity index (χ2v) is 6.97. The van der Waals surface area contributed by atoms with Gasteiger partial charge in [0.15, 0.2) is 11.5 Å². The SMILES string of the molecule is COc1cc(CC(=O)N(C)Cc2ccc(Cl)s2)cc(OC)c1OC. The van der Waals surface area contributed by atoms with Crippen LogP contribution < -0.4 is 14.2 Å². The molecule has 1 heterocycles. The maximum atomic E-state index is 12.5. The van der Waals surface area contributed by atoms with Crippen LogP contribution >= 0.6 is 22.9 Å². The van der Waals surface area contributed by atoms with Gasteiger partial charge < -0.3 is 19.1 Å². The smallest absolute Gasteiger partial charge is 0.227 e.